The van der Waals surface area contributed by atoms with E-state index in [9.17, 15) is 5.11 Å². The average Bonchev–Trinajstić information content (AvgIpc) is 2.44. The van der Waals surface area contributed by atoms with E-state index in [4.69, 9.17) is 18.0 Å². The number of hydrogen-bond donors (Lipinski definition) is 2. The molecule has 3 N–H and O–H groups in total. The van der Waals surface area contributed by atoms with Crippen LogP contribution >= 0.6 is 12.2 Å². The summed E-state index contributed by atoms with van der Waals surface area (Å²) in [5, 5.41) is 9.68. The summed E-state index contributed by atoms with van der Waals surface area (Å²) in [6.07, 6.45) is 0. The predicted molar refractivity (Wildman–Crippen MR) is 85.6 cm³/mol. The zero-order valence-electron chi connectivity index (χ0n) is 11.5. The summed E-state index contributed by atoms with van der Waals surface area (Å²) in [6, 6.07) is 10.8. The highest BCUT2D eigenvalue weighted by Gasteiger charge is 2.13. The van der Waals surface area contributed by atoms with Gasteiger partial charge in [-0.25, -0.2) is 4.98 Å². The Hall–Kier alpha value is -2.14. The van der Waals surface area contributed by atoms with Gasteiger partial charge in [0.2, 0.25) is 0 Å². The maximum atomic E-state index is 9.68. The van der Waals surface area contributed by atoms with Gasteiger partial charge < -0.3 is 15.7 Å². The zero-order valence-corrected chi connectivity index (χ0v) is 12.3. The van der Waals surface area contributed by atoms with E-state index in [1.807, 2.05) is 36.9 Å². The first-order chi connectivity index (χ1) is 9.52. The predicted octanol–water partition coefficient (Wildman–Crippen LogP) is 2.89. The van der Waals surface area contributed by atoms with Crippen molar-refractivity contribution in [2.75, 3.05) is 11.4 Å². The Labute approximate surface area is 123 Å². The monoisotopic (exact) mass is 287 g/mol. The van der Waals surface area contributed by atoms with Crippen LogP contribution in [0.25, 0.3) is 0 Å². The second-order valence-corrected chi connectivity index (χ2v) is 4.90. The van der Waals surface area contributed by atoms with E-state index in [1.165, 1.54) is 0 Å². The molecule has 104 valence electrons. The molecule has 0 spiro atoms. The third kappa shape index (κ3) is 2.88. The lowest BCUT2D eigenvalue weighted by Crippen LogP contribution is -2.20. The standard InChI is InChI=1S/C15H17N3OS/c1-3-18(13-9-11(19)8-7-10(13)2)14-6-4-5-12(17-14)15(16)20/h4-9,19H,3H2,1-2H3,(H2,16,20). The Kier molecular flexibility index (Phi) is 4.20. The van der Waals surface area contributed by atoms with E-state index in [0.717, 1.165) is 23.6 Å². The second kappa shape index (κ2) is 5.88. The molecule has 0 bridgehead atoms. The molecule has 0 aliphatic rings. The third-order valence-corrected chi connectivity index (χ3v) is 3.27. The van der Waals surface area contributed by atoms with E-state index >= 15 is 0 Å². The molecule has 0 saturated carbocycles. The number of phenolic OH excluding ortho intramolecular Hbond substituents is 1. The van der Waals surface area contributed by atoms with Crippen LogP contribution in [0.3, 0.4) is 0 Å². The minimum Gasteiger partial charge on any atom is -0.508 e. The number of thiocarbonyl (C=S) groups is 1. The van der Waals surface area contributed by atoms with Crippen molar-refractivity contribution in [2.45, 2.75) is 13.8 Å². The van der Waals surface area contributed by atoms with E-state index in [-0.39, 0.29) is 10.7 Å². The van der Waals surface area contributed by atoms with E-state index in [2.05, 4.69) is 4.98 Å². The lowest BCUT2D eigenvalue weighted by molar-refractivity contribution is 0.475. The third-order valence-electron chi connectivity index (χ3n) is 3.06. The fraction of sp³-hybridized carbons (Fsp3) is 0.200. The molecule has 0 aliphatic heterocycles. The number of rotatable bonds is 4. The summed E-state index contributed by atoms with van der Waals surface area (Å²) in [6.45, 7) is 4.74. The average molecular weight is 287 g/mol. The largest absolute Gasteiger partial charge is 0.508 e. The molecule has 0 amide bonds. The van der Waals surface area contributed by atoms with Crippen LogP contribution in [0.5, 0.6) is 5.75 Å². The van der Waals surface area contributed by atoms with Crippen LogP contribution in [0, 0.1) is 6.92 Å². The summed E-state index contributed by atoms with van der Waals surface area (Å²) in [5.74, 6) is 0.987. The van der Waals surface area contributed by atoms with Crippen molar-refractivity contribution in [3.05, 3.63) is 47.7 Å². The molecule has 1 aromatic heterocycles. The number of benzene rings is 1. The van der Waals surface area contributed by atoms with Crippen LogP contribution in [-0.2, 0) is 0 Å². The Morgan fingerprint density at radius 3 is 2.75 bits per heavy atom. The van der Waals surface area contributed by atoms with Gasteiger partial charge in [0.05, 0.1) is 5.69 Å². The highest BCUT2D eigenvalue weighted by atomic mass is 32.1. The lowest BCUT2D eigenvalue weighted by atomic mass is 10.1. The van der Waals surface area contributed by atoms with Crippen molar-refractivity contribution in [1.82, 2.24) is 4.98 Å². The van der Waals surface area contributed by atoms with Crippen LogP contribution < -0.4 is 10.6 Å². The molecule has 1 aromatic carbocycles. The summed E-state index contributed by atoms with van der Waals surface area (Å²) in [7, 11) is 0. The van der Waals surface area contributed by atoms with Gasteiger partial charge in [-0.05, 0) is 37.6 Å². The SMILES string of the molecule is CCN(c1cccc(C(N)=S)n1)c1cc(O)ccc1C. The number of pyridine rings is 1. The van der Waals surface area contributed by atoms with Crippen LogP contribution in [0.2, 0.25) is 0 Å². The molecule has 0 fully saturated rings. The lowest BCUT2D eigenvalue weighted by Gasteiger charge is -2.24. The fourth-order valence-electron chi connectivity index (χ4n) is 2.06. The van der Waals surface area contributed by atoms with Crippen molar-refractivity contribution < 1.29 is 5.11 Å². The molecule has 0 aliphatic carbocycles. The highest BCUT2D eigenvalue weighted by molar-refractivity contribution is 7.80. The second-order valence-electron chi connectivity index (χ2n) is 4.46. The maximum absolute atomic E-state index is 9.68. The van der Waals surface area contributed by atoms with Crippen LogP contribution in [0.15, 0.2) is 36.4 Å². The van der Waals surface area contributed by atoms with E-state index in [1.54, 1.807) is 18.2 Å². The molecule has 0 saturated heterocycles. The van der Waals surface area contributed by atoms with Gasteiger partial charge >= 0.3 is 0 Å². The molecule has 2 aromatic rings. The number of aromatic hydroxyl groups is 1. The molecule has 0 radical (unpaired) electrons. The van der Waals surface area contributed by atoms with Crippen molar-refractivity contribution >= 4 is 28.7 Å². The topological polar surface area (TPSA) is 62.4 Å². The minimum absolute atomic E-state index is 0.231. The molecule has 1 heterocycles. The molecule has 4 nitrogen and oxygen atoms in total. The van der Waals surface area contributed by atoms with Crippen molar-refractivity contribution in [2.24, 2.45) is 5.73 Å². The first kappa shape index (κ1) is 14.3. The number of hydrogen-bond acceptors (Lipinski definition) is 4. The van der Waals surface area contributed by atoms with Gasteiger partial charge in [-0.15, -0.1) is 0 Å². The normalized spacial score (nSPS) is 10.3. The molecule has 0 unspecified atom stereocenters. The van der Waals surface area contributed by atoms with Gasteiger partial charge in [-0.1, -0.05) is 24.4 Å². The Morgan fingerprint density at radius 2 is 2.10 bits per heavy atom. The van der Waals surface area contributed by atoms with Crippen LogP contribution in [0.4, 0.5) is 11.5 Å². The van der Waals surface area contributed by atoms with Crippen LogP contribution in [-0.4, -0.2) is 21.6 Å². The maximum Gasteiger partial charge on any atom is 0.133 e. The Balaban J connectivity index is 2.49. The molecular formula is C15H17N3OS. The number of nitrogens with zero attached hydrogens (tertiary/aromatic N) is 2. The fourth-order valence-corrected chi connectivity index (χ4v) is 2.17. The van der Waals surface area contributed by atoms with Crippen molar-refractivity contribution in [1.29, 1.82) is 0 Å². The van der Waals surface area contributed by atoms with E-state index < -0.39 is 0 Å². The number of anilines is 2. The van der Waals surface area contributed by atoms with Crippen LogP contribution in [0.1, 0.15) is 18.2 Å². The summed E-state index contributed by atoms with van der Waals surface area (Å²) < 4.78 is 0. The minimum atomic E-state index is 0.231. The Bertz CT molecular complexity index is 643. The number of aromatic nitrogens is 1. The summed E-state index contributed by atoms with van der Waals surface area (Å²) >= 11 is 4.96. The van der Waals surface area contributed by atoms with Gasteiger partial charge in [0.1, 0.15) is 16.6 Å². The molecular weight excluding hydrogens is 270 g/mol. The smallest absolute Gasteiger partial charge is 0.133 e. The van der Waals surface area contributed by atoms with Gasteiger partial charge in [0, 0.05) is 18.3 Å². The molecule has 20 heavy (non-hydrogen) atoms. The quantitative estimate of drug-likeness (QED) is 0.847. The van der Waals surface area contributed by atoms with Crippen molar-refractivity contribution in [3.8, 4) is 5.75 Å². The summed E-state index contributed by atoms with van der Waals surface area (Å²) in [5.41, 5.74) is 8.20. The Morgan fingerprint density at radius 1 is 1.35 bits per heavy atom. The number of nitrogens with two attached hydrogens (primary N) is 1. The first-order valence-electron chi connectivity index (χ1n) is 6.37. The van der Waals surface area contributed by atoms with E-state index in [0.29, 0.717) is 5.69 Å². The molecule has 2 rings (SSSR count). The van der Waals surface area contributed by atoms with Gasteiger partial charge in [0.15, 0.2) is 0 Å². The number of phenols is 1. The van der Waals surface area contributed by atoms with Gasteiger partial charge in [-0.2, -0.15) is 0 Å². The van der Waals surface area contributed by atoms with Crippen molar-refractivity contribution in [3.63, 3.8) is 0 Å². The number of aryl methyl sites for hydroxylation is 1. The zero-order chi connectivity index (χ0) is 14.7. The van der Waals surface area contributed by atoms with Gasteiger partial charge in [-0.3, -0.25) is 0 Å². The first-order valence-corrected chi connectivity index (χ1v) is 6.77. The highest BCUT2D eigenvalue weighted by Crippen LogP contribution is 2.29. The van der Waals surface area contributed by atoms with Gasteiger partial charge in [0.25, 0.3) is 0 Å². The molecule has 0 atom stereocenters. The molecule has 5 heteroatoms. The summed E-state index contributed by atoms with van der Waals surface area (Å²) in [4.78, 5) is 6.75.